The number of methoxy groups -OCH3 is 2. The van der Waals surface area contributed by atoms with Gasteiger partial charge >= 0.3 is 0 Å². The molecule has 2 aromatic carbocycles. The van der Waals surface area contributed by atoms with Gasteiger partial charge in [-0.1, -0.05) is 42.1 Å². The zero-order valence-corrected chi connectivity index (χ0v) is 17.3. The molecule has 0 aliphatic carbocycles. The van der Waals surface area contributed by atoms with Crippen molar-refractivity contribution in [3.63, 3.8) is 0 Å². The molecule has 1 saturated heterocycles. The Kier molecular flexibility index (Phi) is 6.77. The Morgan fingerprint density at radius 2 is 1.90 bits per heavy atom. The van der Waals surface area contributed by atoms with Crippen LogP contribution in [0.25, 0.3) is 0 Å². The molecule has 2 amide bonds. The first kappa shape index (κ1) is 20.7. The molecule has 1 heterocycles. The van der Waals surface area contributed by atoms with Gasteiger partial charge in [-0.15, -0.1) is 0 Å². The lowest BCUT2D eigenvalue weighted by molar-refractivity contribution is -0.122. The summed E-state index contributed by atoms with van der Waals surface area (Å²) in [6.07, 6.45) is 0.0452. The zero-order valence-electron chi connectivity index (χ0n) is 16.5. The average Bonchev–Trinajstić information content (AvgIpc) is 3.06. The molecule has 29 heavy (non-hydrogen) atoms. The molecule has 2 atom stereocenters. The molecule has 2 N–H and O–H groups in total. The molecular formula is C21H23N3O4S. The highest BCUT2D eigenvalue weighted by atomic mass is 32.2. The molecule has 0 saturated carbocycles. The zero-order chi connectivity index (χ0) is 20.8. The Hall–Kier alpha value is -3.00. The summed E-state index contributed by atoms with van der Waals surface area (Å²) in [5, 5.41) is 5.57. The SMILES string of the molecule is COc1ccc(NC(=O)C[C@H]2SC(=N[C@H](C)c3ccccc3)NC2=O)cc1OC. The summed E-state index contributed by atoms with van der Waals surface area (Å²) in [4.78, 5) is 29.2. The van der Waals surface area contributed by atoms with Crippen LogP contribution < -0.4 is 20.1 Å². The smallest absolute Gasteiger partial charge is 0.240 e. The summed E-state index contributed by atoms with van der Waals surface area (Å²) in [5.74, 6) is 0.617. The standard InChI is InChI=1S/C21H23N3O4S/c1-13(14-7-5-4-6-8-14)22-21-24-20(26)18(29-21)12-19(25)23-15-9-10-16(27-2)17(11-15)28-3/h4-11,13,18H,12H2,1-3H3,(H,23,25)(H,22,24,26)/t13-,18-/m1/s1. The van der Waals surface area contributed by atoms with E-state index in [2.05, 4.69) is 15.6 Å². The second-order valence-corrected chi connectivity index (χ2v) is 7.63. The molecule has 8 heteroatoms. The van der Waals surface area contributed by atoms with Gasteiger partial charge in [0.15, 0.2) is 16.7 Å². The fraction of sp³-hybridized carbons (Fsp3) is 0.286. The van der Waals surface area contributed by atoms with E-state index in [-0.39, 0.29) is 24.3 Å². The van der Waals surface area contributed by atoms with Crippen LogP contribution in [0, 0.1) is 0 Å². The predicted molar refractivity (Wildman–Crippen MR) is 115 cm³/mol. The predicted octanol–water partition coefficient (Wildman–Crippen LogP) is 3.38. The molecule has 0 radical (unpaired) electrons. The number of amidine groups is 1. The van der Waals surface area contributed by atoms with Crippen molar-refractivity contribution in [2.45, 2.75) is 24.6 Å². The number of hydrogen-bond acceptors (Lipinski definition) is 6. The minimum absolute atomic E-state index is 0.0452. The van der Waals surface area contributed by atoms with Crippen molar-refractivity contribution in [1.29, 1.82) is 0 Å². The van der Waals surface area contributed by atoms with E-state index in [1.54, 1.807) is 25.3 Å². The summed E-state index contributed by atoms with van der Waals surface area (Å²) in [6.45, 7) is 1.96. The van der Waals surface area contributed by atoms with Crippen LogP contribution >= 0.6 is 11.8 Å². The molecule has 1 fully saturated rings. The average molecular weight is 413 g/mol. The van der Waals surface area contributed by atoms with Gasteiger partial charge in [-0.2, -0.15) is 0 Å². The highest BCUT2D eigenvalue weighted by molar-refractivity contribution is 8.15. The van der Waals surface area contributed by atoms with Crippen LogP contribution in [0.3, 0.4) is 0 Å². The quantitative estimate of drug-likeness (QED) is 0.726. The Morgan fingerprint density at radius 3 is 2.59 bits per heavy atom. The molecule has 152 valence electrons. The summed E-state index contributed by atoms with van der Waals surface area (Å²) >= 11 is 1.28. The molecule has 3 rings (SSSR count). The van der Waals surface area contributed by atoms with Gasteiger partial charge in [-0.25, -0.2) is 0 Å². The maximum atomic E-state index is 12.4. The normalized spacial score (nSPS) is 18.2. The van der Waals surface area contributed by atoms with Crippen LogP contribution in [0.2, 0.25) is 0 Å². The molecule has 7 nitrogen and oxygen atoms in total. The molecule has 1 aliphatic rings. The Morgan fingerprint density at radius 1 is 1.17 bits per heavy atom. The van der Waals surface area contributed by atoms with Gasteiger partial charge < -0.3 is 20.1 Å². The molecule has 0 bridgehead atoms. The number of carbonyl (C=O) groups excluding carboxylic acids is 2. The lowest BCUT2D eigenvalue weighted by atomic mass is 10.1. The van der Waals surface area contributed by atoms with Crippen LogP contribution in [-0.4, -0.2) is 36.5 Å². The third-order valence-corrected chi connectivity index (χ3v) is 5.50. The van der Waals surface area contributed by atoms with E-state index in [1.165, 1.54) is 18.9 Å². The van der Waals surface area contributed by atoms with E-state index < -0.39 is 5.25 Å². The largest absolute Gasteiger partial charge is 0.493 e. The molecule has 2 aromatic rings. The van der Waals surface area contributed by atoms with E-state index in [4.69, 9.17) is 9.47 Å². The molecule has 0 spiro atoms. The number of aliphatic imine (C=N–C) groups is 1. The Bertz CT molecular complexity index is 917. The van der Waals surface area contributed by atoms with Gasteiger partial charge in [-0.05, 0) is 24.6 Å². The number of nitrogens with one attached hydrogen (secondary N) is 2. The Labute approximate surface area is 173 Å². The molecular weight excluding hydrogens is 390 g/mol. The maximum absolute atomic E-state index is 12.4. The fourth-order valence-corrected chi connectivity index (χ4v) is 3.93. The molecule has 0 unspecified atom stereocenters. The summed E-state index contributed by atoms with van der Waals surface area (Å²) < 4.78 is 10.4. The first-order valence-corrected chi connectivity index (χ1v) is 10.00. The van der Waals surface area contributed by atoms with E-state index in [0.717, 1.165) is 5.56 Å². The van der Waals surface area contributed by atoms with Crippen molar-refractivity contribution in [3.05, 3.63) is 54.1 Å². The van der Waals surface area contributed by atoms with Gasteiger partial charge in [0.25, 0.3) is 0 Å². The number of nitrogens with zero attached hydrogens (tertiary/aromatic N) is 1. The molecule has 1 aliphatic heterocycles. The monoisotopic (exact) mass is 413 g/mol. The van der Waals surface area contributed by atoms with E-state index in [9.17, 15) is 9.59 Å². The Balaban J connectivity index is 1.60. The summed E-state index contributed by atoms with van der Waals surface area (Å²) in [5.41, 5.74) is 1.63. The van der Waals surface area contributed by atoms with Crippen molar-refractivity contribution in [2.24, 2.45) is 4.99 Å². The first-order valence-electron chi connectivity index (χ1n) is 9.12. The number of benzene rings is 2. The van der Waals surface area contributed by atoms with E-state index in [0.29, 0.717) is 22.4 Å². The topological polar surface area (TPSA) is 89.0 Å². The van der Waals surface area contributed by atoms with Crippen LogP contribution in [0.15, 0.2) is 53.5 Å². The van der Waals surface area contributed by atoms with Crippen molar-refractivity contribution in [2.75, 3.05) is 19.5 Å². The van der Waals surface area contributed by atoms with Crippen molar-refractivity contribution < 1.29 is 19.1 Å². The van der Waals surface area contributed by atoms with Crippen molar-refractivity contribution in [1.82, 2.24) is 5.32 Å². The van der Waals surface area contributed by atoms with Crippen molar-refractivity contribution >= 4 is 34.4 Å². The minimum atomic E-state index is -0.517. The number of amides is 2. The van der Waals surface area contributed by atoms with E-state index >= 15 is 0 Å². The van der Waals surface area contributed by atoms with Crippen LogP contribution in [-0.2, 0) is 9.59 Å². The lowest BCUT2D eigenvalue weighted by Gasteiger charge is -2.11. The van der Waals surface area contributed by atoms with Gasteiger partial charge in [0, 0.05) is 18.2 Å². The second kappa shape index (κ2) is 9.47. The van der Waals surface area contributed by atoms with Crippen LogP contribution in [0.5, 0.6) is 11.5 Å². The first-order chi connectivity index (χ1) is 14.0. The van der Waals surface area contributed by atoms with Gasteiger partial charge in [0.1, 0.15) is 5.25 Å². The molecule has 0 aromatic heterocycles. The number of anilines is 1. The van der Waals surface area contributed by atoms with Crippen molar-refractivity contribution in [3.8, 4) is 11.5 Å². The van der Waals surface area contributed by atoms with E-state index in [1.807, 2.05) is 37.3 Å². The minimum Gasteiger partial charge on any atom is -0.493 e. The second-order valence-electron chi connectivity index (χ2n) is 6.44. The lowest BCUT2D eigenvalue weighted by Crippen LogP contribution is -2.28. The summed E-state index contributed by atoms with van der Waals surface area (Å²) in [6, 6.07) is 14.8. The highest BCUT2D eigenvalue weighted by Crippen LogP contribution is 2.30. The van der Waals surface area contributed by atoms with Gasteiger partial charge in [0.2, 0.25) is 11.8 Å². The fourth-order valence-electron chi connectivity index (χ4n) is 2.88. The third-order valence-electron chi connectivity index (χ3n) is 4.41. The third kappa shape index (κ3) is 5.29. The van der Waals surface area contributed by atoms with Gasteiger partial charge in [-0.3, -0.25) is 14.6 Å². The number of hydrogen-bond donors (Lipinski definition) is 2. The number of rotatable bonds is 7. The van der Waals surface area contributed by atoms with Crippen LogP contribution in [0.1, 0.15) is 24.9 Å². The van der Waals surface area contributed by atoms with Crippen LogP contribution in [0.4, 0.5) is 5.69 Å². The van der Waals surface area contributed by atoms with Gasteiger partial charge in [0.05, 0.1) is 20.3 Å². The maximum Gasteiger partial charge on any atom is 0.240 e. The number of thioether (sulfide) groups is 1. The number of ether oxygens (including phenoxy) is 2. The summed E-state index contributed by atoms with van der Waals surface area (Å²) in [7, 11) is 3.07. The highest BCUT2D eigenvalue weighted by Gasteiger charge is 2.32. The number of carbonyl (C=O) groups is 2.